The van der Waals surface area contributed by atoms with E-state index in [1.165, 1.54) is 24.0 Å². The van der Waals surface area contributed by atoms with Crippen LogP contribution in [-0.2, 0) is 0 Å². The van der Waals surface area contributed by atoms with E-state index in [1.54, 1.807) is 6.33 Å². The van der Waals surface area contributed by atoms with Crippen molar-refractivity contribution in [2.45, 2.75) is 25.2 Å². The van der Waals surface area contributed by atoms with Gasteiger partial charge in [-0.1, -0.05) is 30.3 Å². The summed E-state index contributed by atoms with van der Waals surface area (Å²) in [6.07, 6.45) is 9.03. The van der Waals surface area contributed by atoms with E-state index in [4.69, 9.17) is 4.74 Å². The molecule has 0 radical (unpaired) electrons. The van der Waals surface area contributed by atoms with E-state index in [0.717, 1.165) is 28.9 Å². The standard InChI is InChI=1S/C27H25N5O2/c33-27(31-20-5-4-8-22(15-20)34-21-6-2-1-3-7-21)32-13-11-19(12-14-32)25-24-23(18-9-10-18)16-28-26(24)30-17-29-25/h1-8,11,15-18H,9-10,12-14H2,(H,31,33)(H,28,29,30). The predicted molar refractivity (Wildman–Crippen MR) is 132 cm³/mol. The van der Waals surface area contributed by atoms with E-state index < -0.39 is 0 Å². The minimum atomic E-state index is -0.125. The van der Waals surface area contributed by atoms with Crippen LogP contribution < -0.4 is 10.1 Å². The number of hydrogen-bond acceptors (Lipinski definition) is 4. The van der Waals surface area contributed by atoms with Gasteiger partial charge in [-0.15, -0.1) is 0 Å². The minimum Gasteiger partial charge on any atom is -0.457 e. The van der Waals surface area contributed by atoms with Crippen molar-refractivity contribution < 1.29 is 9.53 Å². The maximum atomic E-state index is 12.9. The van der Waals surface area contributed by atoms with Gasteiger partial charge in [0.1, 0.15) is 23.5 Å². The summed E-state index contributed by atoms with van der Waals surface area (Å²) in [7, 11) is 0. The van der Waals surface area contributed by atoms with Crippen LogP contribution in [0.1, 0.15) is 36.4 Å². The van der Waals surface area contributed by atoms with Gasteiger partial charge in [0.2, 0.25) is 0 Å². The summed E-state index contributed by atoms with van der Waals surface area (Å²) < 4.78 is 5.88. The average molecular weight is 452 g/mol. The zero-order chi connectivity index (χ0) is 22.9. The number of aromatic amines is 1. The second kappa shape index (κ2) is 8.67. The van der Waals surface area contributed by atoms with E-state index in [9.17, 15) is 4.79 Å². The summed E-state index contributed by atoms with van der Waals surface area (Å²) in [5.41, 5.74) is 5.09. The number of anilines is 1. The molecule has 3 heterocycles. The summed E-state index contributed by atoms with van der Waals surface area (Å²) >= 11 is 0. The van der Waals surface area contributed by atoms with Gasteiger partial charge in [0.25, 0.3) is 0 Å². The Kier molecular flexibility index (Phi) is 5.22. The lowest BCUT2D eigenvalue weighted by Gasteiger charge is -2.27. The molecule has 0 unspecified atom stereocenters. The Labute approximate surface area is 197 Å². The summed E-state index contributed by atoms with van der Waals surface area (Å²) in [5, 5.41) is 4.14. The van der Waals surface area contributed by atoms with Crippen LogP contribution in [0, 0.1) is 0 Å². The third-order valence-corrected chi connectivity index (χ3v) is 6.38. The van der Waals surface area contributed by atoms with Crippen LogP contribution in [0.2, 0.25) is 0 Å². The number of benzene rings is 2. The molecule has 6 rings (SSSR count). The number of amides is 2. The Morgan fingerprint density at radius 2 is 1.91 bits per heavy atom. The molecule has 0 saturated heterocycles. The fourth-order valence-electron chi connectivity index (χ4n) is 4.48. The Morgan fingerprint density at radius 3 is 2.71 bits per heavy atom. The van der Waals surface area contributed by atoms with E-state index in [-0.39, 0.29) is 6.03 Å². The van der Waals surface area contributed by atoms with Gasteiger partial charge in [0.05, 0.1) is 5.69 Å². The lowest BCUT2D eigenvalue weighted by atomic mass is 9.99. The number of H-pyrrole nitrogens is 1. The molecule has 1 saturated carbocycles. The molecule has 2 aromatic heterocycles. The Balaban J connectivity index is 1.15. The first-order valence-electron chi connectivity index (χ1n) is 11.6. The smallest absolute Gasteiger partial charge is 0.322 e. The first-order chi connectivity index (χ1) is 16.7. The van der Waals surface area contributed by atoms with Crippen molar-refractivity contribution in [2.24, 2.45) is 0 Å². The molecule has 7 nitrogen and oxygen atoms in total. The number of ether oxygens (including phenoxy) is 1. The van der Waals surface area contributed by atoms with Crippen LogP contribution >= 0.6 is 0 Å². The van der Waals surface area contributed by atoms with Crippen molar-refractivity contribution >= 4 is 28.3 Å². The summed E-state index contributed by atoms with van der Waals surface area (Å²) in [4.78, 5) is 27.1. The quantitative estimate of drug-likeness (QED) is 0.393. The highest BCUT2D eigenvalue weighted by atomic mass is 16.5. The van der Waals surface area contributed by atoms with Crippen molar-refractivity contribution in [3.63, 3.8) is 0 Å². The largest absolute Gasteiger partial charge is 0.457 e. The molecule has 4 aromatic rings. The summed E-state index contributed by atoms with van der Waals surface area (Å²) in [6, 6.07) is 16.9. The molecule has 2 amide bonds. The second-order valence-electron chi connectivity index (χ2n) is 8.76. The molecule has 0 bridgehead atoms. The third-order valence-electron chi connectivity index (χ3n) is 6.38. The highest BCUT2D eigenvalue weighted by molar-refractivity contribution is 5.93. The molecule has 2 aromatic carbocycles. The minimum absolute atomic E-state index is 0.125. The number of para-hydroxylation sites is 1. The lowest BCUT2D eigenvalue weighted by Crippen LogP contribution is -2.37. The molecule has 0 spiro atoms. The fraction of sp³-hybridized carbons (Fsp3) is 0.222. The zero-order valence-corrected chi connectivity index (χ0v) is 18.7. The van der Waals surface area contributed by atoms with Crippen molar-refractivity contribution in [2.75, 3.05) is 18.4 Å². The molecule has 7 heteroatoms. The first kappa shape index (κ1) is 20.5. The van der Waals surface area contributed by atoms with Crippen LogP contribution in [-0.4, -0.2) is 39.0 Å². The van der Waals surface area contributed by atoms with Gasteiger partial charge in [-0.05, 0) is 60.6 Å². The fourth-order valence-corrected chi connectivity index (χ4v) is 4.48. The van der Waals surface area contributed by atoms with E-state index in [0.29, 0.717) is 30.4 Å². The van der Waals surface area contributed by atoms with Gasteiger partial charge in [-0.2, -0.15) is 0 Å². The van der Waals surface area contributed by atoms with Crippen LogP contribution in [0.4, 0.5) is 10.5 Å². The van der Waals surface area contributed by atoms with E-state index in [2.05, 4.69) is 32.5 Å². The number of aromatic nitrogens is 3. The maximum absolute atomic E-state index is 12.9. The Morgan fingerprint density at radius 1 is 1.06 bits per heavy atom. The van der Waals surface area contributed by atoms with Gasteiger partial charge >= 0.3 is 6.03 Å². The van der Waals surface area contributed by atoms with Crippen molar-refractivity contribution in [3.05, 3.63) is 84.5 Å². The highest BCUT2D eigenvalue weighted by Crippen LogP contribution is 2.44. The zero-order valence-electron chi connectivity index (χ0n) is 18.7. The van der Waals surface area contributed by atoms with Gasteiger partial charge in [-0.3, -0.25) is 0 Å². The number of nitrogens with one attached hydrogen (secondary N) is 2. The van der Waals surface area contributed by atoms with Crippen LogP contribution in [0.25, 0.3) is 16.6 Å². The Hall–Kier alpha value is -4.13. The van der Waals surface area contributed by atoms with Crippen molar-refractivity contribution in [1.29, 1.82) is 0 Å². The molecule has 0 atom stereocenters. The maximum Gasteiger partial charge on any atom is 0.322 e. The van der Waals surface area contributed by atoms with Crippen molar-refractivity contribution in [1.82, 2.24) is 19.9 Å². The number of carbonyl (C=O) groups is 1. The number of fused-ring (bicyclic) bond motifs is 1. The Bertz CT molecular complexity index is 1370. The average Bonchev–Trinajstić information content (AvgIpc) is 3.63. The van der Waals surface area contributed by atoms with Gasteiger partial charge < -0.3 is 19.9 Å². The number of hydrogen-bond donors (Lipinski definition) is 2. The van der Waals surface area contributed by atoms with Crippen LogP contribution in [0.5, 0.6) is 11.5 Å². The number of carbonyl (C=O) groups excluding carboxylic acids is 1. The second-order valence-corrected chi connectivity index (χ2v) is 8.76. The molecule has 1 aliphatic heterocycles. The molecular formula is C27H25N5O2. The number of nitrogens with zero attached hydrogens (tertiary/aromatic N) is 3. The van der Waals surface area contributed by atoms with Crippen LogP contribution in [0.15, 0.2) is 73.2 Å². The SMILES string of the molecule is O=C(Nc1cccc(Oc2ccccc2)c1)N1CC=C(c2ncnc3[nH]cc(C4CC4)c23)CC1. The van der Waals surface area contributed by atoms with Crippen LogP contribution in [0.3, 0.4) is 0 Å². The first-order valence-corrected chi connectivity index (χ1v) is 11.6. The predicted octanol–water partition coefficient (Wildman–Crippen LogP) is 5.95. The number of rotatable bonds is 5. The third kappa shape index (κ3) is 4.12. The molecule has 170 valence electrons. The lowest BCUT2D eigenvalue weighted by molar-refractivity contribution is 0.217. The van der Waals surface area contributed by atoms with Crippen molar-refractivity contribution in [3.8, 4) is 11.5 Å². The van der Waals surface area contributed by atoms with Gasteiger partial charge in [0, 0.05) is 36.4 Å². The summed E-state index contributed by atoms with van der Waals surface area (Å²) in [6.45, 7) is 1.17. The molecule has 1 fully saturated rings. The van der Waals surface area contributed by atoms with Gasteiger partial charge in [0.15, 0.2) is 0 Å². The molecule has 2 aliphatic rings. The topological polar surface area (TPSA) is 83.1 Å². The molecule has 1 aliphatic carbocycles. The monoisotopic (exact) mass is 451 g/mol. The highest BCUT2D eigenvalue weighted by Gasteiger charge is 2.29. The van der Waals surface area contributed by atoms with E-state index in [1.807, 2.05) is 59.5 Å². The molecule has 2 N–H and O–H groups in total. The van der Waals surface area contributed by atoms with Gasteiger partial charge in [-0.25, -0.2) is 14.8 Å². The molecule has 34 heavy (non-hydrogen) atoms. The van der Waals surface area contributed by atoms with E-state index >= 15 is 0 Å². The number of urea groups is 1. The summed E-state index contributed by atoms with van der Waals surface area (Å²) in [5.74, 6) is 2.05. The normalized spacial score (nSPS) is 15.8. The molecular weight excluding hydrogens is 426 g/mol.